The van der Waals surface area contributed by atoms with Gasteiger partial charge in [-0.1, -0.05) is 30.3 Å². The molecule has 1 saturated carbocycles. The topological polar surface area (TPSA) is 40.5 Å². The van der Waals surface area contributed by atoms with Gasteiger partial charge in [0.15, 0.2) is 0 Å². The van der Waals surface area contributed by atoms with Crippen molar-refractivity contribution in [1.82, 2.24) is 4.90 Å². The summed E-state index contributed by atoms with van der Waals surface area (Å²) in [6.45, 7) is 0. The molecule has 1 N–H and O–H groups in total. The van der Waals surface area contributed by atoms with E-state index in [0.717, 1.165) is 25.7 Å². The van der Waals surface area contributed by atoms with Crippen LogP contribution in [0.2, 0.25) is 0 Å². The van der Waals surface area contributed by atoms with E-state index < -0.39 is 5.97 Å². The molecule has 3 nitrogen and oxygen atoms in total. The zero-order valence-corrected chi connectivity index (χ0v) is 11.7. The molecule has 0 radical (unpaired) electrons. The summed E-state index contributed by atoms with van der Waals surface area (Å²) < 4.78 is 0. The maximum absolute atomic E-state index is 11.0. The molecular weight excluding hydrogens is 238 g/mol. The fraction of sp³-hybridized carbons (Fsp3) is 0.562. The average molecular weight is 261 g/mol. The first kappa shape index (κ1) is 14.1. The number of carbonyl (C=O) groups is 1. The standard InChI is InChI=1S/C16H23NO2/c1-17(2)15(12-6-4-3-5-7-12)13-8-10-14(11-9-13)16(18)19/h3-7,13-15H,8-11H2,1-2H3,(H,18,19). The molecule has 0 aliphatic heterocycles. The number of benzene rings is 1. The second-order valence-corrected chi connectivity index (χ2v) is 5.77. The Morgan fingerprint density at radius 3 is 2.21 bits per heavy atom. The molecule has 0 saturated heterocycles. The van der Waals surface area contributed by atoms with E-state index in [2.05, 4.69) is 43.3 Å². The van der Waals surface area contributed by atoms with Gasteiger partial charge < -0.3 is 10.0 Å². The molecule has 1 aliphatic carbocycles. The maximum atomic E-state index is 11.0. The van der Waals surface area contributed by atoms with Crippen LogP contribution in [0.1, 0.15) is 37.3 Å². The molecule has 1 aromatic carbocycles. The molecule has 1 aliphatic rings. The Hall–Kier alpha value is -1.35. The highest BCUT2D eigenvalue weighted by atomic mass is 16.4. The Bertz CT molecular complexity index is 408. The minimum absolute atomic E-state index is 0.130. The summed E-state index contributed by atoms with van der Waals surface area (Å²) in [7, 11) is 4.22. The zero-order valence-electron chi connectivity index (χ0n) is 11.7. The highest BCUT2D eigenvalue weighted by Crippen LogP contribution is 2.39. The fourth-order valence-corrected chi connectivity index (χ4v) is 3.32. The lowest BCUT2D eigenvalue weighted by molar-refractivity contribution is -0.143. The van der Waals surface area contributed by atoms with E-state index in [9.17, 15) is 4.79 Å². The summed E-state index contributed by atoms with van der Waals surface area (Å²) in [6, 6.07) is 10.9. The van der Waals surface area contributed by atoms with E-state index in [0.29, 0.717) is 12.0 Å². The molecule has 3 heteroatoms. The first-order valence-electron chi connectivity index (χ1n) is 7.03. The van der Waals surface area contributed by atoms with Crippen molar-refractivity contribution in [3.63, 3.8) is 0 Å². The lowest BCUT2D eigenvalue weighted by Gasteiger charge is -2.36. The van der Waals surface area contributed by atoms with Crippen LogP contribution in [0.25, 0.3) is 0 Å². The number of rotatable bonds is 4. The molecule has 0 amide bonds. The average Bonchev–Trinajstić information content (AvgIpc) is 2.40. The van der Waals surface area contributed by atoms with Crippen molar-refractivity contribution in [1.29, 1.82) is 0 Å². The Balaban J connectivity index is 2.08. The molecular formula is C16H23NO2. The van der Waals surface area contributed by atoms with Gasteiger partial charge in [0, 0.05) is 6.04 Å². The molecule has 19 heavy (non-hydrogen) atoms. The predicted octanol–water partition coefficient (Wildman–Crippen LogP) is 3.18. The molecule has 1 atom stereocenters. The van der Waals surface area contributed by atoms with Gasteiger partial charge in [-0.3, -0.25) is 4.79 Å². The molecule has 0 aromatic heterocycles. The van der Waals surface area contributed by atoms with E-state index in [1.54, 1.807) is 0 Å². The van der Waals surface area contributed by atoms with Crippen molar-refractivity contribution in [2.75, 3.05) is 14.1 Å². The van der Waals surface area contributed by atoms with Gasteiger partial charge in [0.05, 0.1) is 5.92 Å². The van der Waals surface area contributed by atoms with Crippen LogP contribution < -0.4 is 0 Å². The molecule has 1 aromatic rings. The number of carboxylic acids is 1. The van der Waals surface area contributed by atoms with Gasteiger partial charge in [-0.15, -0.1) is 0 Å². The van der Waals surface area contributed by atoms with E-state index in [4.69, 9.17) is 5.11 Å². The number of hydrogen-bond donors (Lipinski definition) is 1. The highest BCUT2D eigenvalue weighted by Gasteiger charge is 2.32. The molecule has 2 rings (SSSR count). The number of nitrogens with zero attached hydrogens (tertiary/aromatic N) is 1. The van der Waals surface area contributed by atoms with E-state index >= 15 is 0 Å². The Labute approximate surface area is 115 Å². The van der Waals surface area contributed by atoms with Gasteiger partial charge in [-0.2, -0.15) is 0 Å². The largest absolute Gasteiger partial charge is 0.481 e. The van der Waals surface area contributed by atoms with Crippen LogP contribution in [0, 0.1) is 11.8 Å². The molecule has 0 spiro atoms. The lowest BCUT2D eigenvalue weighted by atomic mass is 9.76. The number of carboxylic acid groups (broad SMARTS) is 1. The molecule has 0 bridgehead atoms. The quantitative estimate of drug-likeness (QED) is 0.905. The second-order valence-electron chi connectivity index (χ2n) is 5.77. The maximum Gasteiger partial charge on any atom is 0.306 e. The molecule has 0 heterocycles. The van der Waals surface area contributed by atoms with Gasteiger partial charge in [-0.05, 0) is 51.3 Å². The highest BCUT2D eigenvalue weighted by molar-refractivity contribution is 5.70. The van der Waals surface area contributed by atoms with Crippen molar-refractivity contribution in [3.8, 4) is 0 Å². The summed E-state index contributed by atoms with van der Waals surface area (Å²) in [5, 5.41) is 9.08. The van der Waals surface area contributed by atoms with Crippen molar-refractivity contribution in [2.45, 2.75) is 31.7 Å². The monoisotopic (exact) mass is 261 g/mol. The molecule has 1 fully saturated rings. The summed E-state index contributed by atoms with van der Waals surface area (Å²) in [5.74, 6) is -0.192. The third kappa shape index (κ3) is 3.35. The first-order valence-corrected chi connectivity index (χ1v) is 7.03. The molecule has 104 valence electrons. The minimum Gasteiger partial charge on any atom is -0.481 e. The third-order valence-corrected chi connectivity index (χ3v) is 4.27. The van der Waals surface area contributed by atoms with Gasteiger partial charge >= 0.3 is 5.97 Å². The van der Waals surface area contributed by atoms with Crippen LogP contribution >= 0.6 is 0 Å². The van der Waals surface area contributed by atoms with E-state index in [-0.39, 0.29) is 5.92 Å². The third-order valence-electron chi connectivity index (χ3n) is 4.27. The number of aliphatic carboxylic acids is 1. The fourth-order valence-electron chi connectivity index (χ4n) is 3.32. The second kappa shape index (κ2) is 6.20. The zero-order chi connectivity index (χ0) is 13.8. The van der Waals surface area contributed by atoms with Crippen molar-refractivity contribution < 1.29 is 9.90 Å². The van der Waals surface area contributed by atoms with Crippen molar-refractivity contribution in [3.05, 3.63) is 35.9 Å². The normalized spacial score (nSPS) is 25.2. The van der Waals surface area contributed by atoms with Gasteiger partial charge in [0.2, 0.25) is 0 Å². The Morgan fingerprint density at radius 2 is 1.74 bits per heavy atom. The minimum atomic E-state index is -0.625. The van der Waals surface area contributed by atoms with E-state index in [1.807, 2.05) is 6.07 Å². The molecule has 1 unspecified atom stereocenters. The van der Waals surface area contributed by atoms with E-state index in [1.165, 1.54) is 5.56 Å². The summed E-state index contributed by atoms with van der Waals surface area (Å²) in [6.07, 6.45) is 3.65. The van der Waals surface area contributed by atoms with Crippen LogP contribution in [0.3, 0.4) is 0 Å². The first-order chi connectivity index (χ1) is 9.09. The number of hydrogen-bond acceptors (Lipinski definition) is 2. The summed E-state index contributed by atoms with van der Waals surface area (Å²) in [5.41, 5.74) is 1.34. The van der Waals surface area contributed by atoms with Gasteiger partial charge in [-0.25, -0.2) is 0 Å². The smallest absolute Gasteiger partial charge is 0.306 e. The van der Waals surface area contributed by atoms with Crippen LogP contribution in [-0.4, -0.2) is 30.1 Å². The van der Waals surface area contributed by atoms with Crippen molar-refractivity contribution in [2.24, 2.45) is 11.8 Å². The SMILES string of the molecule is CN(C)C(c1ccccc1)C1CCC(C(=O)O)CC1. The predicted molar refractivity (Wildman–Crippen MR) is 76.0 cm³/mol. The van der Waals surface area contributed by atoms with Crippen LogP contribution in [0.4, 0.5) is 0 Å². The Kier molecular flexibility index (Phi) is 4.59. The van der Waals surface area contributed by atoms with Gasteiger partial charge in [0.25, 0.3) is 0 Å². The van der Waals surface area contributed by atoms with Crippen LogP contribution in [-0.2, 0) is 4.79 Å². The Morgan fingerprint density at radius 1 is 1.16 bits per heavy atom. The lowest BCUT2D eigenvalue weighted by Crippen LogP contribution is -2.31. The van der Waals surface area contributed by atoms with Crippen LogP contribution in [0.15, 0.2) is 30.3 Å². The summed E-state index contributed by atoms with van der Waals surface area (Å²) >= 11 is 0. The summed E-state index contributed by atoms with van der Waals surface area (Å²) in [4.78, 5) is 13.3. The van der Waals surface area contributed by atoms with Crippen molar-refractivity contribution >= 4 is 5.97 Å². The van der Waals surface area contributed by atoms with Gasteiger partial charge in [0.1, 0.15) is 0 Å². The van der Waals surface area contributed by atoms with Crippen LogP contribution in [0.5, 0.6) is 0 Å².